The molecule has 7 heteroatoms. The zero-order chi connectivity index (χ0) is 15.4. The molecule has 0 bridgehead atoms. The van der Waals surface area contributed by atoms with Crippen LogP contribution < -0.4 is 5.32 Å². The van der Waals surface area contributed by atoms with Crippen LogP contribution in [0, 0.1) is 11.6 Å². The Kier molecular flexibility index (Phi) is 4.85. The SMILES string of the molecule is O=C(CN1CCCCC1C(=O)O)Nc1cc(F)ccc1F. The molecule has 1 aromatic carbocycles. The van der Waals surface area contributed by atoms with E-state index in [1.54, 1.807) is 4.90 Å². The van der Waals surface area contributed by atoms with Crippen LogP contribution in [0.1, 0.15) is 19.3 Å². The van der Waals surface area contributed by atoms with Crippen LogP contribution in [0.2, 0.25) is 0 Å². The van der Waals surface area contributed by atoms with Crippen LogP contribution >= 0.6 is 0 Å². The molecule has 1 amide bonds. The summed E-state index contributed by atoms with van der Waals surface area (Å²) in [5, 5.41) is 11.4. The van der Waals surface area contributed by atoms with Gasteiger partial charge in [0.05, 0.1) is 12.2 Å². The number of carbonyl (C=O) groups is 2. The molecule has 0 aromatic heterocycles. The van der Waals surface area contributed by atoms with Gasteiger partial charge in [0, 0.05) is 6.07 Å². The van der Waals surface area contributed by atoms with Crippen LogP contribution in [0.5, 0.6) is 0 Å². The minimum Gasteiger partial charge on any atom is -0.480 e. The van der Waals surface area contributed by atoms with Crippen LogP contribution in [-0.4, -0.2) is 41.0 Å². The smallest absolute Gasteiger partial charge is 0.320 e. The van der Waals surface area contributed by atoms with E-state index in [0.717, 1.165) is 31.0 Å². The molecule has 1 aliphatic rings. The van der Waals surface area contributed by atoms with Crippen LogP contribution in [0.15, 0.2) is 18.2 Å². The molecule has 2 N–H and O–H groups in total. The topological polar surface area (TPSA) is 69.6 Å². The summed E-state index contributed by atoms with van der Waals surface area (Å²) in [5.41, 5.74) is -0.246. The number of benzene rings is 1. The van der Waals surface area contributed by atoms with Crippen molar-refractivity contribution in [3.63, 3.8) is 0 Å². The van der Waals surface area contributed by atoms with Crippen molar-refractivity contribution in [3.05, 3.63) is 29.8 Å². The van der Waals surface area contributed by atoms with Crippen molar-refractivity contribution in [1.82, 2.24) is 4.90 Å². The van der Waals surface area contributed by atoms with Gasteiger partial charge in [-0.15, -0.1) is 0 Å². The Morgan fingerprint density at radius 2 is 2.10 bits per heavy atom. The van der Waals surface area contributed by atoms with Gasteiger partial charge in [0.1, 0.15) is 17.7 Å². The zero-order valence-corrected chi connectivity index (χ0v) is 11.3. The number of likely N-dealkylation sites (tertiary alicyclic amines) is 1. The number of carboxylic acids is 1. The number of anilines is 1. The Hall–Kier alpha value is -2.02. The number of halogens is 2. The molecule has 1 aliphatic heterocycles. The minimum absolute atomic E-state index is 0.160. The fourth-order valence-corrected chi connectivity index (χ4v) is 2.43. The van der Waals surface area contributed by atoms with Gasteiger partial charge < -0.3 is 10.4 Å². The molecular weight excluding hydrogens is 282 g/mol. The standard InChI is InChI=1S/C14H16F2N2O3/c15-9-4-5-10(16)11(7-9)17-13(19)8-18-6-2-1-3-12(18)14(20)21/h4-5,7,12H,1-3,6,8H2,(H,17,19)(H,20,21). The van der Waals surface area contributed by atoms with Gasteiger partial charge >= 0.3 is 5.97 Å². The first-order chi connectivity index (χ1) is 9.97. The first-order valence-corrected chi connectivity index (χ1v) is 6.69. The van der Waals surface area contributed by atoms with E-state index in [9.17, 15) is 18.4 Å². The second-order valence-electron chi connectivity index (χ2n) is 4.99. The highest BCUT2D eigenvalue weighted by molar-refractivity contribution is 5.92. The van der Waals surface area contributed by atoms with Gasteiger partial charge in [-0.05, 0) is 31.5 Å². The number of rotatable bonds is 4. The van der Waals surface area contributed by atoms with E-state index in [1.165, 1.54) is 0 Å². The van der Waals surface area contributed by atoms with Crippen LogP contribution in [0.3, 0.4) is 0 Å². The van der Waals surface area contributed by atoms with E-state index in [0.29, 0.717) is 13.0 Å². The van der Waals surface area contributed by atoms with E-state index in [-0.39, 0.29) is 12.2 Å². The molecule has 2 rings (SSSR count). The van der Waals surface area contributed by atoms with Gasteiger partial charge in [0.15, 0.2) is 0 Å². The van der Waals surface area contributed by atoms with Crippen molar-refractivity contribution in [2.75, 3.05) is 18.4 Å². The van der Waals surface area contributed by atoms with Crippen molar-refractivity contribution in [2.24, 2.45) is 0 Å². The number of hydrogen-bond acceptors (Lipinski definition) is 3. The molecule has 1 atom stereocenters. The third kappa shape index (κ3) is 3.98. The Bertz CT molecular complexity index is 551. The minimum atomic E-state index is -0.973. The maximum Gasteiger partial charge on any atom is 0.320 e. The zero-order valence-electron chi connectivity index (χ0n) is 11.3. The summed E-state index contributed by atoms with van der Waals surface area (Å²) in [6.07, 6.45) is 2.09. The first-order valence-electron chi connectivity index (χ1n) is 6.69. The van der Waals surface area contributed by atoms with Crippen molar-refractivity contribution in [2.45, 2.75) is 25.3 Å². The fraction of sp³-hybridized carbons (Fsp3) is 0.429. The number of piperidine rings is 1. The van der Waals surface area contributed by atoms with E-state index in [1.807, 2.05) is 0 Å². The third-order valence-corrected chi connectivity index (χ3v) is 3.45. The molecule has 1 aromatic rings. The lowest BCUT2D eigenvalue weighted by Crippen LogP contribution is -2.47. The van der Waals surface area contributed by atoms with E-state index >= 15 is 0 Å². The third-order valence-electron chi connectivity index (χ3n) is 3.45. The fourth-order valence-electron chi connectivity index (χ4n) is 2.43. The maximum atomic E-state index is 13.4. The molecule has 21 heavy (non-hydrogen) atoms. The summed E-state index contributed by atoms with van der Waals surface area (Å²) in [6.45, 7) is 0.336. The molecule has 1 heterocycles. The normalized spacial score (nSPS) is 19.2. The Morgan fingerprint density at radius 1 is 1.33 bits per heavy atom. The number of carboxylic acid groups (broad SMARTS) is 1. The molecule has 0 radical (unpaired) electrons. The number of carbonyl (C=O) groups excluding carboxylic acids is 1. The predicted molar refractivity (Wildman–Crippen MR) is 71.8 cm³/mol. The van der Waals surface area contributed by atoms with Crippen LogP contribution in [0.25, 0.3) is 0 Å². The lowest BCUT2D eigenvalue weighted by molar-refractivity contribution is -0.145. The van der Waals surface area contributed by atoms with Crippen molar-refractivity contribution in [1.29, 1.82) is 0 Å². The maximum absolute atomic E-state index is 13.4. The molecule has 0 saturated carbocycles. The number of amides is 1. The summed E-state index contributed by atoms with van der Waals surface area (Å²) in [7, 11) is 0. The van der Waals surface area contributed by atoms with Gasteiger partial charge in [0.25, 0.3) is 0 Å². The molecule has 1 unspecified atom stereocenters. The quantitative estimate of drug-likeness (QED) is 0.890. The second kappa shape index (κ2) is 6.62. The van der Waals surface area contributed by atoms with Crippen LogP contribution in [-0.2, 0) is 9.59 Å². The lowest BCUT2D eigenvalue weighted by atomic mass is 10.0. The number of aliphatic carboxylic acids is 1. The Labute approximate surface area is 120 Å². The molecule has 114 valence electrons. The van der Waals surface area contributed by atoms with Crippen molar-refractivity contribution >= 4 is 17.6 Å². The summed E-state index contributed by atoms with van der Waals surface area (Å²) >= 11 is 0. The van der Waals surface area contributed by atoms with E-state index in [2.05, 4.69) is 5.32 Å². The molecule has 1 saturated heterocycles. The average Bonchev–Trinajstić information content (AvgIpc) is 2.43. The average molecular weight is 298 g/mol. The van der Waals surface area contributed by atoms with Gasteiger partial charge in [0.2, 0.25) is 5.91 Å². The Balaban J connectivity index is 2.00. The number of nitrogens with zero attached hydrogens (tertiary/aromatic N) is 1. The Morgan fingerprint density at radius 3 is 2.81 bits per heavy atom. The molecule has 5 nitrogen and oxygen atoms in total. The largest absolute Gasteiger partial charge is 0.480 e. The second-order valence-corrected chi connectivity index (χ2v) is 4.99. The van der Waals surface area contributed by atoms with Gasteiger partial charge in [-0.25, -0.2) is 8.78 Å². The number of hydrogen-bond donors (Lipinski definition) is 2. The molecule has 0 spiro atoms. The van der Waals surface area contributed by atoms with Gasteiger partial charge in [-0.1, -0.05) is 6.42 Å². The lowest BCUT2D eigenvalue weighted by Gasteiger charge is -2.32. The molecular formula is C14H16F2N2O3. The number of nitrogens with one attached hydrogen (secondary N) is 1. The molecule has 0 aliphatic carbocycles. The van der Waals surface area contributed by atoms with Crippen molar-refractivity contribution in [3.8, 4) is 0 Å². The van der Waals surface area contributed by atoms with E-state index in [4.69, 9.17) is 5.11 Å². The van der Waals surface area contributed by atoms with Gasteiger partial charge in [-0.2, -0.15) is 0 Å². The summed E-state index contributed by atoms with van der Waals surface area (Å²) in [6, 6.07) is 2.06. The summed E-state index contributed by atoms with van der Waals surface area (Å²) in [4.78, 5) is 24.5. The molecule has 1 fully saturated rings. The predicted octanol–water partition coefficient (Wildman–Crippen LogP) is 1.84. The van der Waals surface area contributed by atoms with Crippen molar-refractivity contribution < 1.29 is 23.5 Å². The first kappa shape index (κ1) is 15.4. The van der Waals surface area contributed by atoms with Gasteiger partial charge in [-0.3, -0.25) is 14.5 Å². The monoisotopic (exact) mass is 298 g/mol. The van der Waals surface area contributed by atoms with Crippen LogP contribution in [0.4, 0.5) is 14.5 Å². The highest BCUT2D eigenvalue weighted by Gasteiger charge is 2.29. The summed E-state index contributed by atoms with van der Waals surface area (Å²) in [5.74, 6) is -2.93. The highest BCUT2D eigenvalue weighted by atomic mass is 19.1. The summed E-state index contributed by atoms with van der Waals surface area (Å²) < 4.78 is 26.4. The van der Waals surface area contributed by atoms with E-state index < -0.39 is 29.6 Å². The highest BCUT2D eigenvalue weighted by Crippen LogP contribution is 2.18.